The van der Waals surface area contributed by atoms with Gasteiger partial charge in [-0.3, -0.25) is 4.79 Å². The smallest absolute Gasteiger partial charge is 0.253 e. The number of carbonyl (C=O) groups excluding carboxylic acids is 1. The number of sulfone groups is 1. The van der Waals surface area contributed by atoms with Gasteiger partial charge in [0.05, 0.1) is 10.6 Å². The molecule has 0 aromatic heterocycles. The van der Waals surface area contributed by atoms with Crippen LogP contribution in [0.3, 0.4) is 0 Å². The van der Waals surface area contributed by atoms with Gasteiger partial charge in [0.1, 0.15) is 0 Å². The van der Waals surface area contributed by atoms with Crippen LogP contribution in [0.1, 0.15) is 34.3 Å². The van der Waals surface area contributed by atoms with Crippen LogP contribution in [0.25, 0.3) is 0 Å². The van der Waals surface area contributed by atoms with Gasteiger partial charge < -0.3 is 10.6 Å². The summed E-state index contributed by atoms with van der Waals surface area (Å²) in [6.45, 7) is 3.26. The summed E-state index contributed by atoms with van der Waals surface area (Å²) in [5, 5.41) is 0. The molecule has 0 atom stereocenters. The van der Waals surface area contributed by atoms with Crippen molar-refractivity contribution < 1.29 is 13.2 Å². The lowest BCUT2D eigenvalue weighted by Crippen LogP contribution is -2.42. The zero-order valence-corrected chi connectivity index (χ0v) is 16.9. The molecule has 7 heteroatoms. The lowest BCUT2D eigenvalue weighted by Gasteiger charge is -2.30. The second-order valence-electron chi connectivity index (χ2n) is 6.90. The number of amides is 1. The highest BCUT2D eigenvalue weighted by atomic mass is 35.5. The van der Waals surface area contributed by atoms with Crippen molar-refractivity contribution in [3.63, 3.8) is 0 Å². The van der Waals surface area contributed by atoms with Crippen LogP contribution in [0.2, 0.25) is 0 Å². The molecule has 146 valence electrons. The van der Waals surface area contributed by atoms with Crippen molar-refractivity contribution in [1.29, 1.82) is 0 Å². The normalized spacial score (nSPS) is 15.3. The SMILES string of the molecule is Cc1ccc(S(=O)(=O)Cc2ccc(C(=O)N3CCC(N)CC3)cc2)cc1.Cl. The summed E-state index contributed by atoms with van der Waals surface area (Å²) in [6, 6.07) is 13.9. The third-order valence-electron chi connectivity index (χ3n) is 4.76. The molecular weight excluding hydrogens is 384 g/mol. The molecule has 2 N–H and O–H groups in total. The van der Waals surface area contributed by atoms with Crippen LogP contribution in [0.5, 0.6) is 0 Å². The van der Waals surface area contributed by atoms with E-state index >= 15 is 0 Å². The predicted molar refractivity (Wildman–Crippen MR) is 109 cm³/mol. The summed E-state index contributed by atoms with van der Waals surface area (Å²) in [5.41, 5.74) is 8.14. The molecule has 0 unspecified atom stereocenters. The molecule has 1 fully saturated rings. The van der Waals surface area contributed by atoms with E-state index in [0.717, 1.165) is 18.4 Å². The summed E-state index contributed by atoms with van der Waals surface area (Å²) < 4.78 is 25.0. The maximum atomic E-state index is 12.5. The van der Waals surface area contributed by atoms with E-state index in [0.29, 0.717) is 29.1 Å². The number of piperidine rings is 1. The quantitative estimate of drug-likeness (QED) is 0.843. The van der Waals surface area contributed by atoms with Gasteiger partial charge in [-0.1, -0.05) is 29.8 Å². The van der Waals surface area contributed by atoms with E-state index in [2.05, 4.69) is 0 Å². The first-order valence-electron chi connectivity index (χ1n) is 8.78. The molecule has 1 saturated heterocycles. The Labute approximate surface area is 166 Å². The van der Waals surface area contributed by atoms with Crippen molar-refractivity contribution in [1.82, 2.24) is 4.90 Å². The number of benzene rings is 2. The minimum Gasteiger partial charge on any atom is -0.339 e. The molecule has 0 bridgehead atoms. The average Bonchev–Trinajstić information content (AvgIpc) is 2.62. The Hall–Kier alpha value is -1.89. The van der Waals surface area contributed by atoms with Gasteiger partial charge in [-0.15, -0.1) is 12.4 Å². The molecule has 0 aliphatic carbocycles. The van der Waals surface area contributed by atoms with Crippen LogP contribution in [-0.2, 0) is 15.6 Å². The van der Waals surface area contributed by atoms with Gasteiger partial charge in [-0.05, 0) is 49.6 Å². The fraction of sp³-hybridized carbons (Fsp3) is 0.350. The number of rotatable bonds is 4. The van der Waals surface area contributed by atoms with Gasteiger partial charge in [0, 0.05) is 24.7 Å². The van der Waals surface area contributed by atoms with Gasteiger partial charge in [-0.25, -0.2) is 8.42 Å². The van der Waals surface area contributed by atoms with Crippen molar-refractivity contribution in [2.45, 2.75) is 36.5 Å². The number of carbonyl (C=O) groups is 1. The van der Waals surface area contributed by atoms with E-state index in [4.69, 9.17) is 5.73 Å². The van der Waals surface area contributed by atoms with Gasteiger partial charge in [0.25, 0.3) is 5.91 Å². The van der Waals surface area contributed by atoms with Crippen LogP contribution < -0.4 is 5.73 Å². The van der Waals surface area contributed by atoms with E-state index in [1.165, 1.54) is 0 Å². The molecule has 1 amide bonds. The third kappa shape index (κ3) is 5.31. The lowest BCUT2D eigenvalue weighted by atomic mass is 10.0. The van der Waals surface area contributed by atoms with E-state index in [1.54, 1.807) is 53.4 Å². The Morgan fingerprint density at radius 3 is 2.15 bits per heavy atom. The number of nitrogens with two attached hydrogens (primary N) is 1. The molecule has 0 radical (unpaired) electrons. The Bertz CT molecular complexity index is 872. The molecular formula is C20H25ClN2O3S. The highest BCUT2D eigenvalue weighted by molar-refractivity contribution is 7.90. The number of nitrogens with zero attached hydrogens (tertiary/aromatic N) is 1. The number of hydrogen-bond acceptors (Lipinski definition) is 4. The first kappa shape index (κ1) is 21.4. The summed E-state index contributed by atoms with van der Waals surface area (Å²) in [4.78, 5) is 14.6. The van der Waals surface area contributed by atoms with Crippen LogP contribution in [0.4, 0.5) is 0 Å². The highest BCUT2D eigenvalue weighted by Gasteiger charge is 2.22. The van der Waals surface area contributed by atoms with Gasteiger partial charge in [0.2, 0.25) is 0 Å². The fourth-order valence-corrected chi connectivity index (χ4v) is 4.43. The average molecular weight is 409 g/mol. The zero-order chi connectivity index (χ0) is 18.7. The molecule has 0 saturated carbocycles. The largest absolute Gasteiger partial charge is 0.339 e. The van der Waals surface area contributed by atoms with E-state index in [1.807, 2.05) is 6.92 Å². The zero-order valence-electron chi connectivity index (χ0n) is 15.3. The number of aryl methyl sites for hydroxylation is 1. The van der Waals surface area contributed by atoms with Gasteiger partial charge in [-0.2, -0.15) is 0 Å². The standard InChI is InChI=1S/C20H24N2O3S.ClH/c1-15-2-8-19(9-3-15)26(24,25)14-16-4-6-17(7-5-16)20(23)22-12-10-18(21)11-13-22;/h2-9,18H,10-14,21H2,1H3;1H. The van der Waals surface area contributed by atoms with Crippen LogP contribution in [0.15, 0.2) is 53.4 Å². The molecule has 0 spiro atoms. The van der Waals surface area contributed by atoms with Gasteiger partial charge in [0.15, 0.2) is 9.84 Å². The molecule has 1 aliphatic rings. The molecule has 5 nitrogen and oxygen atoms in total. The summed E-state index contributed by atoms with van der Waals surface area (Å²) in [7, 11) is -3.40. The predicted octanol–water partition coefficient (Wildman–Crippen LogP) is 2.95. The molecule has 27 heavy (non-hydrogen) atoms. The highest BCUT2D eigenvalue weighted by Crippen LogP contribution is 2.19. The fourth-order valence-electron chi connectivity index (χ4n) is 3.08. The molecule has 3 rings (SSSR count). The first-order chi connectivity index (χ1) is 12.3. The van der Waals surface area contributed by atoms with Crippen molar-refractivity contribution >= 4 is 28.2 Å². The lowest BCUT2D eigenvalue weighted by molar-refractivity contribution is 0.0714. The minimum absolute atomic E-state index is 0. The maximum absolute atomic E-state index is 12.5. The van der Waals surface area contributed by atoms with E-state index in [-0.39, 0.29) is 30.1 Å². The summed E-state index contributed by atoms with van der Waals surface area (Å²) >= 11 is 0. The Balaban J connectivity index is 0.00000261. The molecule has 2 aromatic rings. The first-order valence-corrected chi connectivity index (χ1v) is 10.4. The molecule has 1 aliphatic heterocycles. The van der Waals surface area contributed by atoms with E-state index in [9.17, 15) is 13.2 Å². The second kappa shape index (κ2) is 8.87. The maximum Gasteiger partial charge on any atom is 0.253 e. The van der Waals surface area contributed by atoms with Crippen molar-refractivity contribution in [2.24, 2.45) is 5.73 Å². The number of likely N-dealkylation sites (tertiary alicyclic amines) is 1. The van der Waals surface area contributed by atoms with Crippen molar-refractivity contribution in [2.75, 3.05) is 13.1 Å². The Morgan fingerprint density at radius 2 is 1.59 bits per heavy atom. The topological polar surface area (TPSA) is 80.5 Å². The minimum atomic E-state index is -3.40. The van der Waals surface area contributed by atoms with Crippen LogP contribution in [0, 0.1) is 6.92 Å². The Morgan fingerprint density at radius 1 is 1.04 bits per heavy atom. The summed E-state index contributed by atoms with van der Waals surface area (Å²) in [6.07, 6.45) is 1.64. The monoisotopic (exact) mass is 408 g/mol. The number of hydrogen-bond donors (Lipinski definition) is 1. The van der Waals surface area contributed by atoms with Crippen molar-refractivity contribution in [3.05, 3.63) is 65.2 Å². The van der Waals surface area contributed by atoms with Crippen LogP contribution in [-0.4, -0.2) is 38.4 Å². The second-order valence-corrected chi connectivity index (χ2v) is 8.89. The van der Waals surface area contributed by atoms with Crippen LogP contribution >= 0.6 is 12.4 Å². The summed E-state index contributed by atoms with van der Waals surface area (Å²) in [5.74, 6) is -0.104. The third-order valence-corrected chi connectivity index (χ3v) is 6.47. The number of halogens is 1. The Kier molecular flexibility index (Phi) is 7.03. The van der Waals surface area contributed by atoms with E-state index < -0.39 is 9.84 Å². The van der Waals surface area contributed by atoms with Crippen molar-refractivity contribution in [3.8, 4) is 0 Å². The molecule has 1 heterocycles. The van der Waals surface area contributed by atoms with Gasteiger partial charge >= 0.3 is 0 Å². The molecule has 2 aromatic carbocycles.